The molecule has 0 radical (unpaired) electrons. The predicted molar refractivity (Wildman–Crippen MR) is 75.9 cm³/mol. The summed E-state index contributed by atoms with van der Waals surface area (Å²) in [7, 11) is 0. The van der Waals surface area contributed by atoms with Crippen molar-refractivity contribution in [3.63, 3.8) is 0 Å². The van der Waals surface area contributed by atoms with Gasteiger partial charge in [-0.05, 0) is 44.2 Å². The van der Waals surface area contributed by atoms with E-state index in [0.717, 1.165) is 26.1 Å². The van der Waals surface area contributed by atoms with E-state index in [4.69, 9.17) is 4.74 Å². The largest absolute Gasteiger partial charge is 0.376 e. The normalized spacial score (nSPS) is 29.3. The maximum absolute atomic E-state index is 5.79. The fraction of sp³-hybridized carbons (Fsp3) is 1.00. The van der Waals surface area contributed by atoms with E-state index in [-0.39, 0.29) is 0 Å². The summed E-state index contributed by atoms with van der Waals surface area (Å²) in [5, 5.41) is 3.51. The lowest BCUT2D eigenvalue weighted by atomic mass is 9.75. The monoisotopic (exact) mass is 254 g/mol. The Morgan fingerprint density at radius 2 is 2.06 bits per heavy atom. The molecule has 1 atom stereocenters. The molecule has 0 spiro atoms. The molecule has 0 saturated carbocycles. The van der Waals surface area contributed by atoms with Crippen molar-refractivity contribution in [2.45, 2.75) is 52.1 Å². The average molecular weight is 254 g/mol. The minimum absolute atomic E-state index is 0.471. The van der Waals surface area contributed by atoms with Crippen LogP contribution in [-0.2, 0) is 4.74 Å². The van der Waals surface area contributed by atoms with Gasteiger partial charge in [-0.15, -0.1) is 0 Å². The number of nitrogens with zero attached hydrogens (tertiary/aromatic N) is 1. The van der Waals surface area contributed by atoms with Gasteiger partial charge in [-0.1, -0.05) is 20.3 Å². The van der Waals surface area contributed by atoms with Gasteiger partial charge >= 0.3 is 0 Å². The minimum atomic E-state index is 0.471. The van der Waals surface area contributed by atoms with Gasteiger partial charge in [0.1, 0.15) is 0 Å². The lowest BCUT2D eigenvalue weighted by molar-refractivity contribution is -0.0469. The fourth-order valence-electron chi connectivity index (χ4n) is 3.62. The first kappa shape index (κ1) is 14.3. The Labute approximate surface area is 112 Å². The zero-order valence-corrected chi connectivity index (χ0v) is 12.2. The van der Waals surface area contributed by atoms with Crippen molar-refractivity contribution >= 4 is 0 Å². The second-order valence-electron chi connectivity index (χ2n) is 6.14. The van der Waals surface area contributed by atoms with E-state index < -0.39 is 0 Å². The van der Waals surface area contributed by atoms with Gasteiger partial charge in [0.25, 0.3) is 0 Å². The molecule has 1 N–H and O–H groups in total. The van der Waals surface area contributed by atoms with E-state index in [1.54, 1.807) is 0 Å². The Morgan fingerprint density at radius 1 is 1.28 bits per heavy atom. The quantitative estimate of drug-likeness (QED) is 0.814. The number of hydrogen-bond acceptors (Lipinski definition) is 3. The first-order chi connectivity index (χ1) is 8.78. The summed E-state index contributed by atoms with van der Waals surface area (Å²) in [4.78, 5) is 2.67. The van der Waals surface area contributed by atoms with Crippen LogP contribution >= 0.6 is 0 Å². The van der Waals surface area contributed by atoms with E-state index >= 15 is 0 Å². The smallest absolute Gasteiger partial charge is 0.0700 e. The van der Waals surface area contributed by atoms with Gasteiger partial charge in [-0.3, -0.25) is 4.90 Å². The lowest BCUT2D eigenvalue weighted by Crippen LogP contribution is -2.50. The van der Waals surface area contributed by atoms with Gasteiger partial charge < -0.3 is 10.1 Å². The number of morpholine rings is 1. The molecule has 0 amide bonds. The van der Waals surface area contributed by atoms with E-state index in [0.29, 0.717) is 11.5 Å². The number of rotatable bonds is 5. The first-order valence-corrected chi connectivity index (χ1v) is 7.83. The molecular weight excluding hydrogens is 224 g/mol. The molecule has 2 heterocycles. The molecule has 2 aliphatic heterocycles. The zero-order valence-electron chi connectivity index (χ0n) is 12.2. The third-order valence-corrected chi connectivity index (χ3v) is 4.68. The molecule has 0 bridgehead atoms. The van der Waals surface area contributed by atoms with Gasteiger partial charge in [0.15, 0.2) is 0 Å². The van der Waals surface area contributed by atoms with Crippen LogP contribution < -0.4 is 5.32 Å². The highest BCUT2D eigenvalue weighted by atomic mass is 16.5. The van der Waals surface area contributed by atoms with Gasteiger partial charge in [-0.25, -0.2) is 0 Å². The van der Waals surface area contributed by atoms with Crippen LogP contribution in [0.4, 0.5) is 0 Å². The van der Waals surface area contributed by atoms with Gasteiger partial charge in [0.05, 0.1) is 12.7 Å². The summed E-state index contributed by atoms with van der Waals surface area (Å²) in [6, 6.07) is 0. The summed E-state index contributed by atoms with van der Waals surface area (Å²) < 4.78 is 5.79. The SMILES string of the molecule is CCCC1(CN2CCOC(CC)C2)CCNCC1. The van der Waals surface area contributed by atoms with Crippen molar-refractivity contribution < 1.29 is 4.74 Å². The molecule has 0 aliphatic carbocycles. The summed E-state index contributed by atoms with van der Waals surface area (Å²) in [6.45, 7) is 11.5. The Hall–Kier alpha value is -0.120. The van der Waals surface area contributed by atoms with Crippen molar-refractivity contribution in [3.05, 3.63) is 0 Å². The molecule has 2 rings (SSSR count). The third-order valence-electron chi connectivity index (χ3n) is 4.68. The maximum atomic E-state index is 5.79. The molecule has 0 aromatic heterocycles. The molecule has 2 fully saturated rings. The van der Waals surface area contributed by atoms with Gasteiger partial charge in [0.2, 0.25) is 0 Å². The van der Waals surface area contributed by atoms with Crippen LogP contribution in [0.3, 0.4) is 0 Å². The molecule has 2 saturated heterocycles. The highest BCUT2D eigenvalue weighted by Crippen LogP contribution is 2.35. The van der Waals surface area contributed by atoms with Crippen LogP contribution in [0.15, 0.2) is 0 Å². The van der Waals surface area contributed by atoms with Crippen LogP contribution in [-0.4, -0.2) is 50.3 Å². The van der Waals surface area contributed by atoms with E-state index in [9.17, 15) is 0 Å². The Kier molecular flexibility index (Phi) is 5.46. The number of piperidine rings is 1. The number of nitrogens with one attached hydrogen (secondary N) is 1. The molecular formula is C15H30N2O. The Bertz CT molecular complexity index is 233. The molecule has 0 aromatic rings. The maximum Gasteiger partial charge on any atom is 0.0700 e. The van der Waals surface area contributed by atoms with Crippen LogP contribution in [0, 0.1) is 5.41 Å². The van der Waals surface area contributed by atoms with E-state index in [1.165, 1.54) is 45.3 Å². The average Bonchev–Trinajstić information content (AvgIpc) is 2.40. The van der Waals surface area contributed by atoms with E-state index in [1.807, 2.05) is 0 Å². The molecule has 3 heteroatoms. The third kappa shape index (κ3) is 3.69. The van der Waals surface area contributed by atoms with Crippen LogP contribution in [0.2, 0.25) is 0 Å². The van der Waals surface area contributed by atoms with Crippen molar-refractivity contribution in [1.82, 2.24) is 10.2 Å². The van der Waals surface area contributed by atoms with Crippen LogP contribution in [0.25, 0.3) is 0 Å². The summed E-state index contributed by atoms with van der Waals surface area (Å²) in [6.07, 6.45) is 7.05. The first-order valence-electron chi connectivity index (χ1n) is 7.83. The van der Waals surface area contributed by atoms with Crippen molar-refractivity contribution in [2.75, 3.05) is 39.3 Å². The Morgan fingerprint density at radius 3 is 2.72 bits per heavy atom. The second-order valence-corrected chi connectivity index (χ2v) is 6.14. The van der Waals surface area contributed by atoms with Crippen LogP contribution in [0.5, 0.6) is 0 Å². The number of hydrogen-bond donors (Lipinski definition) is 1. The molecule has 2 aliphatic rings. The molecule has 0 aromatic carbocycles. The lowest BCUT2D eigenvalue weighted by Gasteiger charge is -2.43. The molecule has 1 unspecified atom stereocenters. The minimum Gasteiger partial charge on any atom is -0.376 e. The second kappa shape index (κ2) is 6.88. The standard InChI is InChI=1S/C15H30N2O/c1-3-5-15(6-8-16-9-7-15)13-17-10-11-18-14(4-2)12-17/h14,16H,3-13H2,1-2H3. The highest BCUT2D eigenvalue weighted by Gasteiger charge is 2.34. The summed E-state index contributed by atoms with van der Waals surface area (Å²) in [5.41, 5.74) is 0.579. The fourth-order valence-corrected chi connectivity index (χ4v) is 3.62. The topological polar surface area (TPSA) is 24.5 Å². The van der Waals surface area contributed by atoms with Crippen LogP contribution in [0.1, 0.15) is 46.0 Å². The zero-order chi connectivity index (χ0) is 12.8. The van der Waals surface area contributed by atoms with Gasteiger partial charge in [-0.2, -0.15) is 0 Å². The molecule has 106 valence electrons. The number of ether oxygens (including phenoxy) is 1. The molecule has 3 nitrogen and oxygen atoms in total. The highest BCUT2D eigenvalue weighted by molar-refractivity contribution is 4.88. The summed E-state index contributed by atoms with van der Waals surface area (Å²) in [5.74, 6) is 0. The summed E-state index contributed by atoms with van der Waals surface area (Å²) >= 11 is 0. The molecule has 18 heavy (non-hydrogen) atoms. The van der Waals surface area contributed by atoms with Gasteiger partial charge in [0, 0.05) is 19.6 Å². The van der Waals surface area contributed by atoms with Crippen molar-refractivity contribution in [1.29, 1.82) is 0 Å². The predicted octanol–water partition coefficient (Wildman–Crippen LogP) is 2.27. The van der Waals surface area contributed by atoms with Crippen molar-refractivity contribution in [2.24, 2.45) is 5.41 Å². The van der Waals surface area contributed by atoms with E-state index in [2.05, 4.69) is 24.1 Å². The van der Waals surface area contributed by atoms with Crippen molar-refractivity contribution in [3.8, 4) is 0 Å². The Balaban J connectivity index is 1.91.